The van der Waals surface area contributed by atoms with Crippen LogP contribution in [0.3, 0.4) is 0 Å². The van der Waals surface area contributed by atoms with Gasteiger partial charge in [-0.3, -0.25) is 19.6 Å². The maximum absolute atomic E-state index is 13.8. The first-order valence-corrected chi connectivity index (χ1v) is 20.1. The topological polar surface area (TPSA) is 146 Å². The van der Waals surface area contributed by atoms with Crippen molar-refractivity contribution in [2.45, 2.75) is 51.2 Å². The van der Waals surface area contributed by atoms with Gasteiger partial charge in [0.2, 0.25) is 0 Å². The fourth-order valence-corrected chi connectivity index (χ4v) is 8.35. The van der Waals surface area contributed by atoms with Crippen LogP contribution in [0.1, 0.15) is 54.1 Å². The molecule has 4 aliphatic rings. The van der Waals surface area contributed by atoms with E-state index in [0.717, 1.165) is 11.1 Å². The van der Waals surface area contributed by atoms with Gasteiger partial charge >= 0.3 is 10.5 Å². The van der Waals surface area contributed by atoms with Gasteiger partial charge in [0.15, 0.2) is 23.0 Å². The van der Waals surface area contributed by atoms with Crippen LogP contribution in [0.2, 0.25) is 0 Å². The largest absolute Gasteiger partial charge is 0.493 e. The third-order valence-electron chi connectivity index (χ3n) is 10.9. The van der Waals surface area contributed by atoms with Crippen LogP contribution in [0.25, 0.3) is 0 Å². The van der Waals surface area contributed by atoms with E-state index in [0.29, 0.717) is 59.6 Å². The quantitative estimate of drug-likeness (QED) is 0.136. The average Bonchev–Trinajstić information content (AvgIpc) is 3.44. The number of benzene rings is 5. The number of rotatable bonds is 10. The standard InChI is InChI=1S/C44H37FN4O9S/c1-54-39-16-35-37(46-20-32-14-28-7-3-5-9-30(28)22-48(32)43(35)50)18-41(39)56-24-26-11-27(13-34(12-26)58-59(45,52)53)25-57-42-19-38-36(17-40(42)55-2)44(51)49-23-31-10-6-4-8-29(31)15-33(49)21-47-38/h3-13,16-21,32-33H,14-15,22-25H2,1-2H3/t32-,33-/m0/s1. The lowest BCUT2D eigenvalue weighted by molar-refractivity contribution is 0.0696. The molecule has 5 aromatic rings. The average molecular weight is 817 g/mol. The Labute approximate surface area is 339 Å². The Balaban J connectivity index is 0.957. The lowest BCUT2D eigenvalue weighted by atomic mass is 9.94. The fourth-order valence-electron chi connectivity index (χ4n) is 8.03. The Morgan fingerprint density at radius 3 is 1.49 bits per heavy atom. The molecular formula is C44H37FN4O9S. The first-order valence-electron chi connectivity index (χ1n) is 18.8. The number of fused-ring (bicyclic) bond motifs is 6. The van der Waals surface area contributed by atoms with Crippen molar-refractivity contribution >= 4 is 46.1 Å². The normalized spacial score (nSPS) is 17.6. The predicted molar refractivity (Wildman–Crippen MR) is 216 cm³/mol. The number of nitrogens with zero attached hydrogens (tertiary/aromatic N) is 4. The van der Waals surface area contributed by atoms with Gasteiger partial charge in [-0.05, 0) is 76.6 Å². The van der Waals surface area contributed by atoms with Crippen molar-refractivity contribution in [1.29, 1.82) is 0 Å². The van der Waals surface area contributed by atoms with E-state index in [4.69, 9.17) is 18.9 Å². The van der Waals surface area contributed by atoms with Gasteiger partial charge < -0.3 is 32.9 Å². The lowest BCUT2D eigenvalue weighted by Crippen LogP contribution is -2.44. The second kappa shape index (κ2) is 15.2. The van der Waals surface area contributed by atoms with Gasteiger partial charge in [0.05, 0.1) is 48.8 Å². The van der Waals surface area contributed by atoms with E-state index in [9.17, 15) is 21.9 Å². The zero-order valence-corrected chi connectivity index (χ0v) is 32.8. The molecule has 4 aliphatic heterocycles. The molecule has 15 heteroatoms. The fraction of sp³-hybridized carbons (Fsp3) is 0.227. The van der Waals surface area contributed by atoms with Crippen molar-refractivity contribution in [2.24, 2.45) is 9.98 Å². The van der Waals surface area contributed by atoms with Crippen molar-refractivity contribution in [3.8, 4) is 28.7 Å². The number of hydrogen-bond acceptors (Lipinski definition) is 11. The summed E-state index contributed by atoms with van der Waals surface area (Å²) in [6.07, 6.45) is 4.82. The Morgan fingerprint density at radius 1 is 0.627 bits per heavy atom. The third kappa shape index (κ3) is 7.56. The van der Waals surface area contributed by atoms with Gasteiger partial charge in [0.25, 0.3) is 11.8 Å². The molecule has 13 nitrogen and oxygen atoms in total. The van der Waals surface area contributed by atoms with Crippen molar-refractivity contribution in [2.75, 3.05) is 14.2 Å². The van der Waals surface area contributed by atoms with E-state index in [1.54, 1.807) is 52.6 Å². The summed E-state index contributed by atoms with van der Waals surface area (Å²) in [5, 5.41) is 0. The second-order valence-corrected chi connectivity index (χ2v) is 15.5. The van der Waals surface area contributed by atoms with Crippen LogP contribution >= 0.6 is 0 Å². The Bertz CT molecular complexity index is 2540. The van der Waals surface area contributed by atoms with Crippen molar-refractivity contribution in [3.63, 3.8) is 0 Å². The Kier molecular flexibility index (Phi) is 9.75. The molecule has 0 bridgehead atoms. The maximum atomic E-state index is 13.8. The van der Waals surface area contributed by atoms with Gasteiger partial charge in [0.1, 0.15) is 19.0 Å². The van der Waals surface area contributed by atoms with E-state index < -0.39 is 10.5 Å². The molecule has 2 atom stereocenters. The van der Waals surface area contributed by atoms with Gasteiger partial charge in [-0.1, -0.05) is 52.4 Å². The molecule has 0 saturated carbocycles. The van der Waals surface area contributed by atoms with Crippen LogP contribution in [-0.2, 0) is 49.6 Å². The summed E-state index contributed by atoms with van der Waals surface area (Å²) < 4.78 is 65.2. The molecule has 0 fully saturated rings. The van der Waals surface area contributed by atoms with E-state index >= 15 is 0 Å². The minimum absolute atomic E-state index is 0.145. The number of aliphatic imine (C=N–C) groups is 2. The third-order valence-corrected chi connectivity index (χ3v) is 11.3. The molecule has 5 aromatic carbocycles. The molecule has 0 aliphatic carbocycles. The minimum atomic E-state index is -5.38. The number of carbonyl (C=O) groups excluding carboxylic acids is 2. The number of amides is 2. The number of carbonyl (C=O) groups is 2. The van der Waals surface area contributed by atoms with Gasteiger partial charge in [0, 0.05) is 37.7 Å². The van der Waals surface area contributed by atoms with Crippen LogP contribution in [0.5, 0.6) is 28.7 Å². The monoisotopic (exact) mass is 816 g/mol. The molecule has 2 amide bonds. The van der Waals surface area contributed by atoms with E-state index in [1.165, 1.54) is 37.5 Å². The summed E-state index contributed by atoms with van der Waals surface area (Å²) in [6, 6.07) is 26.3. The van der Waals surface area contributed by atoms with Gasteiger partial charge in [-0.25, -0.2) is 0 Å². The number of hydrogen-bond donors (Lipinski definition) is 0. The van der Waals surface area contributed by atoms with Crippen molar-refractivity contribution in [1.82, 2.24) is 9.80 Å². The van der Waals surface area contributed by atoms with Crippen LogP contribution in [0.4, 0.5) is 15.3 Å². The Hall–Kier alpha value is -6.74. The van der Waals surface area contributed by atoms with E-state index in [2.05, 4.69) is 26.3 Å². The first kappa shape index (κ1) is 37.8. The smallest absolute Gasteiger partial charge is 0.488 e. The predicted octanol–water partition coefficient (Wildman–Crippen LogP) is 7.02. The SMILES string of the molecule is COc1cc2c(cc1OCc1cc(COc3cc4c(cc3OC)C(=O)N3Cc5ccccc5C[C@H]3C=N4)cc(OS(=O)(=O)F)c1)N=C[C@@H]1Cc3ccccc3CN1C2=O. The van der Waals surface area contributed by atoms with Crippen LogP contribution in [0.15, 0.2) is 101 Å². The molecule has 300 valence electrons. The van der Waals surface area contributed by atoms with Crippen LogP contribution in [-0.4, -0.2) is 68.8 Å². The highest BCUT2D eigenvalue weighted by molar-refractivity contribution is 7.81. The van der Waals surface area contributed by atoms with Gasteiger partial charge in [-0.2, -0.15) is 8.42 Å². The molecule has 0 aromatic heterocycles. The van der Waals surface area contributed by atoms with Crippen LogP contribution < -0.4 is 23.1 Å². The lowest BCUT2D eigenvalue weighted by Gasteiger charge is -2.34. The zero-order valence-electron chi connectivity index (χ0n) is 32.0. The zero-order chi connectivity index (χ0) is 40.8. The molecule has 59 heavy (non-hydrogen) atoms. The summed E-state index contributed by atoms with van der Waals surface area (Å²) >= 11 is 0. The summed E-state index contributed by atoms with van der Waals surface area (Å²) in [6.45, 7) is 0.612. The van der Waals surface area contributed by atoms with Crippen LogP contribution in [0, 0.1) is 0 Å². The summed E-state index contributed by atoms with van der Waals surface area (Å²) in [4.78, 5) is 40.6. The molecule has 4 heterocycles. The molecule has 0 spiro atoms. The second-order valence-electron chi connectivity index (χ2n) is 14.6. The first-order chi connectivity index (χ1) is 28.5. The molecule has 9 rings (SSSR count). The molecule has 0 radical (unpaired) electrons. The highest BCUT2D eigenvalue weighted by Crippen LogP contribution is 2.41. The Morgan fingerprint density at radius 2 is 1.07 bits per heavy atom. The molecule has 0 saturated heterocycles. The summed E-state index contributed by atoms with van der Waals surface area (Å²) in [7, 11) is -2.47. The molecule has 0 N–H and O–H groups in total. The summed E-state index contributed by atoms with van der Waals surface area (Å²) in [5.41, 5.74) is 6.84. The van der Waals surface area contributed by atoms with Crippen molar-refractivity contribution < 1.29 is 45.0 Å². The van der Waals surface area contributed by atoms with E-state index in [1.807, 2.05) is 36.4 Å². The summed E-state index contributed by atoms with van der Waals surface area (Å²) in [5.74, 6) is 0.420. The molecule has 0 unspecified atom stereocenters. The number of methoxy groups -OCH3 is 2. The number of ether oxygens (including phenoxy) is 4. The van der Waals surface area contributed by atoms with Gasteiger partial charge in [-0.15, -0.1) is 0 Å². The van der Waals surface area contributed by atoms with Crippen molar-refractivity contribution in [3.05, 3.63) is 136 Å². The minimum Gasteiger partial charge on any atom is -0.493 e. The van der Waals surface area contributed by atoms with E-state index in [-0.39, 0.29) is 65.9 Å². The maximum Gasteiger partial charge on any atom is 0.488 e. The number of halogens is 1. The highest BCUT2D eigenvalue weighted by atomic mass is 32.3. The molecular weight excluding hydrogens is 780 g/mol. The highest BCUT2D eigenvalue weighted by Gasteiger charge is 2.35.